The molecule has 3 nitrogen and oxygen atoms in total. The second kappa shape index (κ2) is 6.34. The lowest BCUT2D eigenvalue weighted by Gasteiger charge is -2.12. The molecule has 112 valence electrons. The van der Waals surface area contributed by atoms with E-state index in [0.29, 0.717) is 27.8 Å². The van der Waals surface area contributed by atoms with Crippen molar-refractivity contribution < 1.29 is 17.9 Å². The molecular formula is C14H13F3N2OS. The average Bonchev–Trinajstić information content (AvgIpc) is 2.47. The lowest BCUT2D eigenvalue weighted by molar-refractivity contribution is -0.137. The Morgan fingerprint density at radius 2 is 1.86 bits per heavy atom. The van der Waals surface area contributed by atoms with Gasteiger partial charge < -0.3 is 4.74 Å². The summed E-state index contributed by atoms with van der Waals surface area (Å²) in [5, 5.41) is 0. The highest BCUT2D eigenvalue weighted by Gasteiger charge is 2.31. The third-order valence-corrected chi connectivity index (χ3v) is 3.65. The van der Waals surface area contributed by atoms with Gasteiger partial charge in [0.25, 0.3) is 0 Å². The predicted molar refractivity (Wildman–Crippen MR) is 75.4 cm³/mol. The second-order valence-corrected chi connectivity index (χ2v) is 5.39. The third-order valence-electron chi connectivity index (χ3n) is 2.71. The molecule has 0 aliphatic rings. The third kappa shape index (κ3) is 3.66. The quantitative estimate of drug-likeness (QED) is 0.789. The number of methoxy groups -OCH3 is 1. The van der Waals surface area contributed by atoms with E-state index in [9.17, 15) is 13.2 Å². The van der Waals surface area contributed by atoms with Crippen LogP contribution in [0.15, 0.2) is 35.5 Å². The zero-order valence-electron chi connectivity index (χ0n) is 11.4. The van der Waals surface area contributed by atoms with Crippen molar-refractivity contribution >= 4 is 11.8 Å². The minimum absolute atomic E-state index is 0.375. The van der Waals surface area contributed by atoms with E-state index in [1.807, 2.05) is 6.92 Å². The van der Waals surface area contributed by atoms with Crippen molar-refractivity contribution in [3.63, 3.8) is 0 Å². The molecule has 0 amide bonds. The zero-order chi connectivity index (χ0) is 15.5. The monoisotopic (exact) mass is 314 g/mol. The number of alkyl halides is 3. The van der Waals surface area contributed by atoms with Gasteiger partial charge in [0.1, 0.15) is 0 Å². The molecule has 0 N–H and O–H groups in total. The number of hydrogen-bond donors (Lipinski definition) is 0. The van der Waals surface area contributed by atoms with Crippen molar-refractivity contribution in [2.75, 3.05) is 12.9 Å². The van der Waals surface area contributed by atoms with Gasteiger partial charge in [0.2, 0.25) is 0 Å². The Morgan fingerprint density at radius 3 is 2.38 bits per heavy atom. The number of ether oxygens (including phenoxy) is 1. The fraction of sp³-hybridized carbons (Fsp3) is 0.286. The van der Waals surface area contributed by atoms with Gasteiger partial charge in [-0.15, -0.1) is 11.8 Å². The largest absolute Gasteiger partial charge is 0.494 e. The van der Waals surface area contributed by atoms with E-state index >= 15 is 0 Å². The van der Waals surface area contributed by atoms with Gasteiger partial charge in [0, 0.05) is 10.5 Å². The van der Waals surface area contributed by atoms with Crippen LogP contribution < -0.4 is 4.74 Å². The van der Waals surface area contributed by atoms with Gasteiger partial charge in [0.05, 0.1) is 25.1 Å². The smallest absolute Gasteiger partial charge is 0.416 e. The standard InChI is InChI=1S/C14H13F3N2OS/c1-3-21-12-6-9(14(15,16)17)4-5-11(12)13-18-7-10(20-2)8-19-13/h4-8H,3H2,1-2H3. The van der Waals surface area contributed by atoms with Crippen LogP contribution in [0.3, 0.4) is 0 Å². The summed E-state index contributed by atoms with van der Waals surface area (Å²) >= 11 is 1.33. The van der Waals surface area contributed by atoms with Gasteiger partial charge in [-0.05, 0) is 24.0 Å². The molecule has 1 heterocycles. The summed E-state index contributed by atoms with van der Waals surface area (Å²) in [5.41, 5.74) is -0.0896. The summed E-state index contributed by atoms with van der Waals surface area (Å²) in [6.07, 6.45) is -1.39. The lowest BCUT2D eigenvalue weighted by Crippen LogP contribution is -2.05. The Hall–Kier alpha value is -1.76. The van der Waals surface area contributed by atoms with Crippen LogP contribution in [0.4, 0.5) is 13.2 Å². The minimum Gasteiger partial charge on any atom is -0.494 e. The number of benzene rings is 1. The Bertz CT molecular complexity index is 615. The van der Waals surface area contributed by atoms with Crippen LogP contribution in [0, 0.1) is 0 Å². The first-order chi connectivity index (χ1) is 9.95. The van der Waals surface area contributed by atoms with Crippen LogP contribution in [0.1, 0.15) is 12.5 Å². The maximum Gasteiger partial charge on any atom is 0.416 e. The van der Waals surface area contributed by atoms with E-state index in [2.05, 4.69) is 9.97 Å². The first kappa shape index (κ1) is 15.6. The molecule has 0 aliphatic heterocycles. The van der Waals surface area contributed by atoms with Crippen molar-refractivity contribution in [1.82, 2.24) is 9.97 Å². The van der Waals surface area contributed by atoms with Gasteiger partial charge in [-0.3, -0.25) is 0 Å². The predicted octanol–water partition coefficient (Wildman–Crippen LogP) is 4.28. The first-order valence-electron chi connectivity index (χ1n) is 6.16. The topological polar surface area (TPSA) is 35.0 Å². The number of nitrogens with zero attached hydrogens (tertiary/aromatic N) is 2. The van der Waals surface area contributed by atoms with E-state index in [1.165, 1.54) is 37.3 Å². The number of hydrogen-bond acceptors (Lipinski definition) is 4. The minimum atomic E-state index is -4.36. The summed E-state index contributed by atoms with van der Waals surface area (Å²) in [5.74, 6) is 1.53. The highest BCUT2D eigenvalue weighted by molar-refractivity contribution is 7.99. The number of thioether (sulfide) groups is 1. The number of aromatic nitrogens is 2. The fourth-order valence-electron chi connectivity index (χ4n) is 1.72. The maximum atomic E-state index is 12.8. The Labute approximate surface area is 124 Å². The molecule has 0 bridgehead atoms. The molecule has 0 fully saturated rings. The van der Waals surface area contributed by atoms with Gasteiger partial charge in [-0.2, -0.15) is 13.2 Å². The molecule has 0 atom stereocenters. The average molecular weight is 314 g/mol. The Kier molecular flexibility index (Phi) is 4.72. The Morgan fingerprint density at radius 1 is 1.19 bits per heavy atom. The normalized spacial score (nSPS) is 11.5. The van der Waals surface area contributed by atoms with Crippen LogP contribution in [0.2, 0.25) is 0 Å². The van der Waals surface area contributed by atoms with Crippen molar-refractivity contribution in [3.8, 4) is 17.1 Å². The van der Waals surface area contributed by atoms with Crippen molar-refractivity contribution in [1.29, 1.82) is 0 Å². The molecule has 1 aromatic carbocycles. The summed E-state index contributed by atoms with van der Waals surface area (Å²) < 4.78 is 43.3. The number of halogens is 3. The summed E-state index contributed by atoms with van der Waals surface area (Å²) in [6, 6.07) is 3.59. The molecule has 0 saturated heterocycles. The van der Waals surface area contributed by atoms with E-state index in [-0.39, 0.29) is 0 Å². The van der Waals surface area contributed by atoms with E-state index < -0.39 is 11.7 Å². The molecule has 0 unspecified atom stereocenters. The van der Waals surface area contributed by atoms with Crippen LogP contribution in [-0.4, -0.2) is 22.8 Å². The van der Waals surface area contributed by atoms with E-state index in [0.717, 1.165) is 12.1 Å². The van der Waals surface area contributed by atoms with Crippen molar-refractivity contribution in [2.24, 2.45) is 0 Å². The molecule has 2 aromatic rings. The SMILES string of the molecule is CCSc1cc(C(F)(F)F)ccc1-c1ncc(OC)cn1. The highest BCUT2D eigenvalue weighted by atomic mass is 32.2. The molecule has 21 heavy (non-hydrogen) atoms. The molecule has 0 aliphatic carbocycles. The molecule has 0 radical (unpaired) electrons. The highest BCUT2D eigenvalue weighted by Crippen LogP contribution is 2.36. The molecule has 1 aromatic heterocycles. The van der Waals surface area contributed by atoms with E-state index in [1.54, 1.807) is 0 Å². The molecular weight excluding hydrogens is 301 g/mol. The molecule has 2 rings (SSSR count). The van der Waals surface area contributed by atoms with Gasteiger partial charge in [-0.1, -0.05) is 6.92 Å². The number of rotatable bonds is 4. The maximum absolute atomic E-state index is 12.8. The second-order valence-electron chi connectivity index (χ2n) is 4.09. The molecule has 0 spiro atoms. The summed E-state index contributed by atoms with van der Waals surface area (Å²) in [4.78, 5) is 8.76. The van der Waals surface area contributed by atoms with Crippen molar-refractivity contribution in [2.45, 2.75) is 18.0 Å². The van der Waals surface area contributed by atoms with Crippen LogP contribution >= 0.6 is 11.8 Å². The van der Waals surface area contributed by atoms with Crippen LogP contribution in [0.5, 0.6) is 5.75 Å². The molecule has 0 saturated carbocycles. The summed E-state index contributed by atoms with van der Waals surface area (Å²) in [7, 11) is 1.49. The Balaban J connectivity index is 2.46. The zero-order valence-corrected chi connectivity index (χ0v) is 12.3. The van der Waals surface area contributed by atoms with Gasteiger partial charge >= 0.3 is 6.18 Å². The molecule has 7 heteroatoms. The van der Waals surface area contributed by atoms with Crippen molar-refractivity contribution in [3.05, 3.63) is 36.2 Å². The lowest BCUT2D eigenvalue weighted by atomic mass is 10.1. The van der Waals surface area contributed by atoms with Crippen LogP contribution in [0.25, 0.3) is 11.4 Å². The van der Waals surface area contributed by atoms with Gasteiger partial charge in [-0.25, -0.2) is 9.97 Å². The summed E-state index contributed by atoms with van der Waals surface area (Å²) in [6.45, 7) is 1.88. The van der Waals surface area contributed by atoms with E-state index in [4.69, 9.17) is 4.74 Å². The van der Waals surface area contributed by atoms with Crippen LogP contribution in [-0.2, 0) is 6.18 Å². The van der Waals surface area contributed by atoms with Gasteiger partial charge in [0.15, 0.2) is 11.6 Å². The first-order valence-corrected chi connectivity index (χ1v) is 7.14. The fourth-order valence-corrected chi connectivity index (χ4v) is 2.56.